The molecule has 3 heterocycles. The number of rotatable bonds is 1. The molecular formula is C18H29NO3SSi. The van der Waals surface area contributed by atoms with E-state index in [-0.39, 0.29) is 26.7 Å². The van der Waals surface area contributed by atoms with Crippen molar-refractivity contribution in [2.75, 3.05) is 6.61 Å². The third-order valence-corrected chi connectivity index (χ3v) is 11.8. The van der Waals surface area contributed by atoms with Gasteiger partial charge in [-0.05, 0) is 11.6 Å². The summed E-state index contributed by atoms with van der Waals surface area (Å²) in [4.78, 5) is 4.20. The Morgan fingerprint density at radius 3 is 2.42 bits per heavy atom. The molecule has 2 fully saturated rings. The van der Waals surface area contributed by atoms with Gasteiger partial charge < -0.3 is 14.0 Å². The zero-order valence-electron chi connectivity index (χ0n) is 15.4. The van der Waals surface area contributed by atoms with Gasteiger partial charge in [0.05, 0.1) is 29.3 Å². The van der Waals surface area contributed by atoms with Crippen molar-refractivity contribution in [3.8, 4) is 0 Å². The van der Waals surface area contributed by atoms with Crippen molar-refractivity contribution in [2.24, 2.45) is 0 Å². The van der Waals surface area contributed by atoms with E-state index in [4.69, 9.17) is 8.85 Å². The van der Waals surface area contributed by atoms with E-state index in [9.17, 15) is 5.11 Å². The average molecular weight is 368 g/mol. The molecule has 2 aliphatic rings. The first-order chi connectivity index (χ1) is 11.1. The van der Waals surface area contributed by atoms with E-state index in [1.54, 1.807) is 18.0 Å². The minimum absolute atomic E-state index is 0.00189. The van der Waals surface area contributed by atoms with Gasteiger partial charge in [-0.3, -0.25) is 4.98 Å². The Labute approximate surface area is 150 Å². The van der Waals surface area contributed by atoms with Crippen molar-refractivity contribution >= 4 is 20.3 Å². The maximum absolute atomic E-state index is 11.0. The number of fused-ring (bicyclic) bond motifs is 1. The molecule has 4 atom stereocenters. The first kappa shape index (κ1) is 18.4. The molecule has 0 unspecified atom stereocenters. The van der Waals surface area contributed by atoms with Gasteiger partial charge in [-0.2, -0.15) is 0 Å². The van der Waals surface area contributed by atoms with E-state index in [1.807, 2.05) is 18.3 Å². The maximum atomic E-state index is 11.0. The van der Waals surface area contributed by atoms with Crippen LogP contribution < -0.4 is 0 Å². The molecule has 0 spiro atoms. The van der Waals surface area contributed by atoms with Crippen molar-refractivity contribution in [1.29, 1.82) is 0 Å². The van der Waals surface area contributed by atoms with Crippen LogP contribution in [0.4, 0.5) is 0 Å². The second kappa shape index (κ2) is 6.09. The maximum Gasteiger partial charge on any atom is 0.349 e. The molecule has 2 aliphatic heterocycles. The summed E-state index contributed by atoms with van der Waals surface area (Å²) in [6.07, 6.45) is 2.92. The van der Waals surface area contributed by atoms with Crippen LogP contribution in [0.15, 0.2) is 24.5 Å². The van der Waals surface area contributed by atoms with Gasteiger partial charge in [0, 0.05) is 22.5 Å². The van der Waals surface area contributed by atoms with Crippen molar-refractivity contribution in [3.63, 3.8) is 0 Å². The second-order valence-electron chi connectivity index (χ2n) is 8.88. The smallest absolute Gasteiger partial charge is 0.349 e. The Morgan fingerprint density at radius 2 is 1.88 bits per heavy atom. The zero-order valence-corrected chi connectivity index (χ0v) is 17.3. The standard InChI is InChI=1S/C18H29NO3SSi/c1-17(2,3)24(18(4,5)6)21-11-13-15(22-24)14(20)16(23-13)12-8-7-9-19-10-12/h7-10,13-16,20H,11H2,1-6H3/t13-,14-,15-,16+/m1/s1. The molecule has 3 rings (SSSR count). The Bertz CT molecular complexity index is 570. The molecule has 0 aromatic carbocycles. The minimum atomic E-state index is -2.53. The van der Waals surface area contributed by atoms with Gasteiger partial charge in [-0.1, -0.05) is 47.6 Å². The van der Waals surface area contributed by atoms with Crippen LogP contribution >= 0.6 is 11.8 Å². The number of hydrogen-bond donors (Lipinski definition) is 1. The molecule has 1 aromatic rings. The van der Waals surface area contributed by atoms with Crippen LogP contribution in [0.25, 0.3) is 0 Å². The van der Waals surface area contributed by atoms with E-state index in [0.717, 1.165) is 5.56 Å². The number of thioether (sulfide) groups is 1. The van der Waals surface area contributed by atoms with Crippen LogP contribution in [0.2, 0.25) is 10.1 Å². The molecule has 0 saturated carbocycles. The summed E-state index contributed by atoms with van der Waals surface area (Å²) in [5.41, 5.74) is 1.06. The minimum Gasteiger partial charge on any atom is -0.392 e. The van der Waals surface area contributed by atoms with Crippen LogP contribution in [-0.2, 0) is 8.85 Å². The first-order valence-electron chi connectivity index (χ1n) is 8.62. The van der Waals surface area contributed by atoms with Gasteiger partial charge in [0.2, 0.25) is 0 Å². The van der Waals surface area contributed by atoms with Crippen LogP contribution in [-0.4, -0.2) is 42.7 Å². The van der Waals surface area contributed by atoms with Gasteiger partial charge >= 0.3 is 8.56 Å². The normalized spacial score (nSPS) is 33.3. The highest BCUT2D eigenvalue weighted by Crippen LogP contribution is 2.58. The molecule has 2 saturated heterocycles. The lowest BCUT2D eigenvalue weighted by atomic mass is 10.0. The van der Waals surface area contributed by atoms with Crippen molar-refractivity contribution in [3.05, 3.63) is 30.1 Å². The largest absolute Gasteiger partial charge is 0.392 e. The lowest BCUT2D eigenvalue weighted by Gasteiger charge is -2.53. The molecule has 0 aliphatic carbocycles. The molecule has 24 heavy (non-hydrogen) atoms. The molecular weight excluding hydrogens is 338 g/mol. The van der Waals surface area contributed by atoms with Crippen molar-refractivity contribution < 1.29 is 14.0 Å². The van der Waals surface area contributed by atoms with E-state index in [1.165, 1.54) is 0 Å². The summed E-state index contributed by atoms with van der Waals surface area (Å²) in [5.74, 6) is 0. The lowest BCUT2D eigenvalue weighted by Crippen LogP contribution is -2.65. The number of hydrogen-bond acceptors (Lipinski definition) is 5. The molecule has 6 heteroatoms. The number of aliphatic hydroxyl groups is 1. The predicted molar refractivity (Wildman–Crippen MR) is 100 cm³/mol. The average Bonchev–Trinajstić information content (AvgIpc) is 2.82. The summed E-state index contributed by atoms with van der Waals surface area (Å²) in [7, 11) is -2.53. The summed E-state index contributed by atoms with van der Waals surface area (Å²) < 4.78 is 13.2. The summed E-state index contributed by atoms with van der Waals surface area (Å²) in [6, 6.07) is 3.95. The molecule has 4 nitrogen and oxygen atoms in total. The third kappa shape index (κ3) is 2.86. The fraction of sp³-hybridized carbons (Fsp3) is 0.722. The molecule has 0 bridgehead atoms. The van der Waals surface area contributed by atoms with Crippen LogP contribution in [0.3, 0.4) is 0 Å². The highest BCUT2D eigenvalue weighted by molar-refractivity contribution is 8.00. The molecule has 1 N–H and O–H groups in total. The molecule has 0 amide bonds. The van der Waals surface area contributed by atoms with E-state index in [2.05, 4.69) is 46.5 Å². The van der Waals surface area contributed by atoms with Crippen molar-refractivity contribution in [2.45, 2.75) is 74.3 Å². The molecule has 1 aromatic heterocycles. The highest BCUT2D eigenvalue weighted by Gasteiger charge is 2.64. The van der Waals surface area contributed by atoms with Crippen molar-refractivity contribution in [1.82, 2.24) is 4.98 Å². The van der Waals surface area contributed by atoms with Gasteiger partial charge in [0.15, 0.2) is 0 Å². The topological polar surface area (TPSA) is 51.6 Å². The fourth-order valence-corrected chi connectivity index (χ4v) is 10.9. The number of aliphatic hydroxyl groups excluding tert-OH is 1. The zero-order chi connectivity index (χ0) is 17.8. The van der Waals surface area contributed by atoms with E-state index < -0.39 is 14.7 Å². The number of aromatic nitrogens is 1. The van der Waals surface area contributed by atoms with E-state index >= 15 is 0 Å². The lowest BCUT2D eigenvalue weighted by molar-refractivity contribution is -0.0329. The number of nitrogens with zero attached hydrogens (tertiary/aromatic N) is 1. The Morgan fingerprint density at radius 1 is 1.21 bits per heavy atom. The van der Waals surface area contributed by atoms with E-state index in [0.29, 0.717) is 6.61 Å². The van der Waals surface area contributed by atoms with Crippen LogP contribution in [0.5, 0.6) is 0 Å². The van der Waals surface area contributed by atoms with Crippen LogP contribution in [0, 0.1) is 0 Å². The van der Waals surface area contributed by atoms with Crippen LogP contribution in [0.1, 0.15) is 52.4 Å². The molecule has 0 radical (unpaired) electrons. The monoisotopic (exact) mass is 367 g/mol. The number of pyridine rings is 1. The predicted octanol–water partition coefficient (Wildman–Crippen LogP) is 4.06. The quantitative estimate of drug-likeness (QED) is 0.759. The Kier molecular flexibility index (Phi) is 4.67. The summed E-state index contributed by atoms with van der Waals surface area (Å²) in [6.45, 7) is 13.9. The Hall–Kier alpha value is -0.403. The Balaban J connectivity index is 1.90. The van der Waals surface area contributed by atoms with Gasteiger partial charge in [0.1, 0.15) is 0 Å². The first-order valence-corrected chi connectivity index (χ1v) is 11.4. The summed E-state index contributed by atoms with van der Waals surface area (Å²) in [5, 5.41) is 11.0. The third-order valence-electron chi connectivity index (χ3n) is 5.08. The summed E-state index contributed by atoms with van der Waals surface area (Å²) >= 11 is 1.76. The highest BCUT2D eigenvalue weighted by atomic mass is 32.2. The SMILES string of the molecule is CC(C)(C)[Si]1(C(C)(C)C)OC[C@H]2S[C@@H](c3cccnc3)[C@H](O)[C@@H]2O1. The van der Waals surface area contributed by atoms with Gasteiger partial charge in [-0.15, -0.1) is 11.8 Å². The van der Waals surface area contributed by atoms with Gasteiger partial charge in [-0.25, -0.2) is 0 Å². The fourth-order valence-electron chi connectivity index (χ4n) is 4.17. The van der Waals surface area contributed by atoms with Gasteiger partial charge in [0.25, 0.3) is 0 Å². The molecule has 134 valence electrons. The second-order valence-corrected chi connectivity index (χ2v) is 15.0.